The van der Waals surface area contributed by atoms with Crippen LogP contribution in [0.5, 0.6) is 0 Å². The van der Waals surface area contributed by atoms with Gasteiger partial charge in [-0.2, -0.15) is 13.2 Å². The number of benzene rings is 8. The Bertz CT molecular complexity index is 4080. The summed E-state index contributed by atoms with van der Waals surface area (Å²) >= 11 is 0. The number of hydrogen-bond donors (Lipinski definition) is 0. The lowest BCUT2D eigenvalue weighted by atomic mass is 9.96. The van der Waals surface area contributed by atoms with Gasteiger partial charge in [0.1, 0.15) is 0 Å². The average molecular weight is 949 g/mol. The topological polar surface area (TPSA) is 35.6 Å². The molecule has 4 aromatic heterocycles. The normalized spacial score (nSPS) is 11.9. The number of hydrogen-bond acceptors (Lipinski definition) is 2. The third-order valence-electron chi connectivity index (χ3n) is 13.1. The SMILES string of the molecule is Fc1c(F)c(F)c(-c2cc(-n3c4ccccc4c4ccc(-c5cccnc5-c5ccccc5)cc43)c(C(F)(F)F)cc2-n2c3ccccc3c3ccc(-c4cccnc4-c4ccccc4)cc32)c(F)c1F. The summed E-state index contributed by atoms with van der Waals surface area (Å²) in [5, 5.41) is 2.16. The third-order valence-corrected chi connectivity index (χ3v) is 13.1. The number of alkyl halides is 3. The Labute approximate surface area is 399 Å². The second kappa shape index (κ2) is 16.7. The number of halogens is 8. The highest BCUT2D eigenvalue weighted by Crippen LogP contribution is 2.48. The number of pyridine rings is 2. The van der Waals surface area contributed by atoms with Crippen molar-refractivity contribution in [3.05, 3.63) is 229 Å². The molecule has 0 bridgehead atoms. The van der Waals surface area contributed by atoms with E-state index in [4.69, 9.17) is 0 Å². The van der Waals surface area contributed by atoms with Gasteiger partial charge in [-0.1, -0.05) is 133 Å². The predicted molar refractivity (Wildman–Crippen MR) is 263 cm³/mol. The highest BCUT2D eigenvalue weighted by molar-refractivity contribution is 6.12. The van der Waals surface area contributed by atoms with Crippen LogP contribution in [0.3, 0.4) is 0 Å². The lowest BCUT2D eigenvalue weighted by Crippen LogP contribution is -2.14. The van der Waals surface area contributed by atoms with Gasteiger partial charge in [0.05, 0.1) is 56.0 Å². The van der Waals surface area contributed by atoms with Crippen LogP contribution in [0.1, 0.15) is 5.56 Å². The van der Waals surface area contributed by atoms with E-state index >= 15 is 30.7 Å². The molecule has 0 saturated carbocycles. The van der Waals surface area contributed by atoms with Gasteiger partial charge < -0.3 is 9.13 Å². The van der Waals surface area contributed by atoms with E-state index in [1.54, 1.807) is 97.3 Å². The number of nitrogens with zero attached hydrogens (tertiary/aromatic N) is 4. The standard InChI is InChI=1S/C59H32F8N4/c60-52-51(53(61)55(63)56(64)54(52)62)43-31-50(71-46-22-10-8-18-40(46)42-26-24-36(30-48(42)71)38-20-12-28-69-58(38)34-15-5-2-6-16-34)44(59(65,66)67)32-49(43)70-45-21-9-7-17-39(45)41-25-23-35(29-47(41)70)37-19-11-27-68-57(37)33-13-3-1-4-14-33/h1-32H. The van der Waals surface area contributed by atoms with E-state index in [1.165, 1.54) is 9.13 Å². The van der Waals surface area contributed by atoms with Crippen molar-refractivity contribution in [3.8, 4) is 67.3 Å². The molecule has 12 aromatic rings. The molecule has 12 heteroatoms. The van der Waals surface area contributed by atoms with Crippen molar-refractivity contribution in [1.29, 1.82) is 0 Å². The summed E-state index contributed by atoms with van der Waals surface area (Å²) in [4.78, 5) is 9.31. The van der Waals surface area contributed by atoms with Crippen LogP contribution in [0.15, 0.2) is 194 Å². The molecule has 0 N–H and O–H groups in total. The Morgan fingerprint density at radius 3 is 1.24 bits per heavy atom. The Morgan fingerprint density at radius 1 is 0.338 bits per heavy atom. The van der Waals surface area contributed by atoms with Gasteiger partial charge in [0.15, 0.2) is 23.3 Å². The first-order chi connectivity index (χ1) is 34.5. The molecular formula is C59H32F8N4. The van der Waals surface area contributed by atoms with Crippen LogP contribution in [0.25, 0.3) is 111 Å². The first kappa shape index (κ1) is 43.4. The van der Waals surface area contributed by atoms with E-state index in [0.717, 1.165) is 23.3 Å². The van der Waals surface area contributed by atoms with Gasteiger partial charge in [0.2, 0.25) is 5.82 Å². The predicted octanol–water partition coefficient (Wildman–Crippen LogP) is 16.7. The first-order valence-corrected chi connectivity index (χ1v) is 22.3. The van der Waals surface area contributed by atoms with E-state index in [1.807, 2.05) is 84.9 Å². The molecule has 0 amide bonds. The summed E-state index contributed by atoms with van der Waals surface area (Å²) in [5.41, 5.74) is 1.96. The largest absolute Gasteiger partial charge is 0.418 e. The van der Waals surface area contributed by atoms with E-state index in [0.29, 0.717) is 60.7 Å². The average Bonchev–Trinajstić information content (AvgIpc) is 3.92. The Balaban J connectivity index is 1.20. The molecule has 0 unspecified atom stereocenters. The molecule has 0 fully saturated rings. The molecule has 4 heterocycles. The van der Waals surface area contributed by atoms with Crippen LogP contribution in [0.2, 0.25) is 0 Å². The van der Waals surface area contributed by atoms with Crippen LogP contribution < -0.4 is 0 Å². The van der Waals surface area contributed by atoms with Gasteiger partial charge in [-0.05, 0) is 59.7 Å². The smallest absolute Gasteiger partial charge is 0.309 e. The zero-order valence-electron chi connectivity index (χ0n) is 36.8. The second-order valence-electron chi connectivity index (χ2n) is 17.0. The Hall–Kier alpha value is -8.90. The third kappa shape index (κ3) is 6.96. The van der Waals surface area contributed by atoms with E-state index in [2.05, 4.69) is 9.97 Å². The zero-order valence-corrected chi connectivity index (χ0v) is 36.8. The van der Waals surface area contributed by atoms with Crippen molar-refractivity contribution < 1.29 is 35.1 Å². The summed E-state index contributed by atoms with van der Waals surface area (Å²) < 4.78 is 131. The van der Waals surface area contributed by atoms with Crippen LogP contribution in [0, 0.1) is 29.1 Å². The summed E-state index contributed by atoms with van der Waals surface area (Å²) in [6.45, 7) is 0. The van der Waals surface area contributed by atoms with Crippen LogP contribution in [-0.4, -0.2) is 19.1 Å². The van der Waals surface area contributed by atoms with Crippen molar-refractivity contribution >= 4 is 43.6 Å². The molecule has 71 heavy (non-hydrogen) atoms. The van der Waals surface area contributed by atoms with E-state index in [-0.39, 0.29) is 16.6 Å². The van der Waals surface area contributed by atoms with Crippen molar-refractivity contribution in [3.63, 3.8) is 0 Å². The molecule has 0 spiro atoms. The Kier molecular flexibility index (Phi) is 10.2. The summed E-state index contributed by atoms with van der Waals surface area (Å²) in [6, 6.07) is 51.6. The molecular weight excluding hydrogens is 917 g/mol. The molecule has 4 nitrogen and oxygen atoms in total. The highest BCUT2D eigenvalue weighted by atomic mass is 19.4. The minimum absolute atomic E-state index is 0.264. The van der Waals surface area contributed by atoms with Crippen molar-refractivity contribution in [2.24, 2.45) is 0 Å². The fourth-order valence-corrected chi connectivity index (χ4v) is 9.94. The molecule has 12 rings (SSSR count). The monoisotopic (exact) mass is 948 g/mol. The quantitative estimate of drug-likeness (QED) is 0.0907. The van der Waals surface area contributed by atoms with Crippen molar-refractivity contribution in [1.82, 2.24) is 19.1 Å². The minimum Gasteiger partial charge on any atom is -0.309 e. The molecule has 344 valence electrons. The van der Waals surface area contributed by atoms with Crippen LogP contribution in [-0.2, 0) is 6.18 Å². The first-order valence-electron chi connectivity index (χ1n) is 22.3. The summed E-state index contributed by atoms with van der Waals surface area (Å²) in [7, 11) is 0. The highest BCUT2D eigenvalue weighted by Gasteiger charge is 2.38. The van der Waals surface area contributed by atoms with Crippen molar-refractivity contribution in [2.75, 3.05) is 0 Å². The maximum atomic E-state index is 16.6. The number of rotatable bonds is 7. The molecule has 0 aliphatic heterocycles. The van der Waals surface area contributed by atoms with E-state index in [9.17, 15) is 4.39 Å². The Morgan fingerprint density at radius 2 is 0.761 bits per heavy atom. The van der Waals surface area contributed by atoms with Gasteiger partial charge in [0.25, 0.3) is 0 Å². The van der Waals surface area contributed by atoms with Gasteiger partial charge in [-0.25, -0.2) is 22.0 Å². The lowest BCUT2D eigenvalue weighted by molar-refractivity contribution is -0.137. The molecule has 0 aliphatic rings. The van der Waals surface area contributed by atoms with Crippen molar-refractivity contribution in [2.45, 2.75) is 6.18 Å². The van der Waals surface area contributed by atoms with Gasteiger partial charge in [-0.3, -0.25) is 9.97 Å². The van der Waals surface area contributed by atoms with Gasteiger partial charge >= 0.3 is 6.18 Å². The molecule has 0 atom stereocenters. The number of fused-ring (bicyclic) bond motifs is 6. The molecule has 0 aliphatic carbocycles. The second-order valence-corrected chi connectivity index (χ2v) is 17.0. The molecule has 0 radical (unpaired) electrons. The lowest BCUT2D eigenvalue weighted by Gasteiger charge is -2.23. The van der Waals surface area contributed by atoms with Crippen LogP contribution in [0.4, 0.5) is 35.1 Å². The number of para-hydroxylation sites is 2. The fraction of sp³-hybridized carbons (Fsp3) is 0.0169. The maximum absolute atomic E-state index is 16.6. The number of aromatic nitrogens is 4. The van der Waals surface area contributed by atoms with Crippen LogP contribution >= 0.6 is 0 Å². The van der Waals surface area contributed by atoms with E-state index < -0.39 is 63.3 Å². The summed E-state index contributed by atoms with van der Waals surface area (Å²) in [6.07, 6.45) is -1.89. The van der Waals surface area contributed by atoms with Gasteiger partial charge in [0, 0.05) is 61.8 Å². The molecule has 0 saturated heterocycles. The maximum Gasteiger partial charge on any atom is 0.418 e. The fourth-order valence-electron chi connectivity index (χ4n) is 9.94. The zero-order chi connectivity index (χ0) is 48.7. The molecule has 8 aromatic carbocycles. The minimum atomic E-state index is -5.16. The summed E-state index contributed by atoms with van der Waals surface area (Å²) in [5.74, 6) is -11.4. The van der Waals surface area contributed by atoms with Gasteiger partial charge in [-0.15, -0.1) is 0 Å².